The zero-order chi connectivity index (χ0) is 11.9. The highest BCUT2D eigenvalue weighted by molar-refractivity contribution is 6.61. The van der Waals surface area contributed by atoms with Crippen molar-refractivity contribution in [1.82, 2.24) is 0 Å². The van der Waals surface area contributed by atoms with E-state index in [0.717, 1.165) is 31.3 Å². The highest BCUT2D eigenvalue weighted by Crippen LogP contribution is 2.22. The van der Waals surface area contributed by atoms with Crippen LogP contribution in [-0.4, -0.2) is 27.6 Å². The topological polar surface area (TPSA) is 18.5 Å². The van der Waals surface area contributed by atoms with Crippen LogP contribution in [0, 0.1) is 5.41 Å². The minimum Gasteiger partial charge on any atom is -0.407 e. The molecule has 2 heterocycles. The normalized spacial score (nSPS) is 22.1. The third-order valence-electron chi connectivity index (χ3n) is 3.48. The molecule has 0 atom stereocenters. The Morgan fingerprint density at radius 3 is 2.59 bits per heavy atom. The molecule has 2 nitrogen and oxygen atoms in total. The summed E-state index contributed by atoms with van der Waals surface area (Å²) in [4.78, 5) is 0. The quantitative estimate of drug-likeness (QED) is 0.670. The Labute approximate surface area is 104 Å². The molecule has 0 aromatic heterocycles. The summed E-state index contributed by atoms with van der Waals surface area (Å²) in [5, 5.41) is 0. The molecule has 0 aliphatic carbocycles. The first-order valence-electron chi connectivity index (χ1n) is 6.31. The van der Waals surface area contributed by atoms with Crippen molar-refractivity contribution in [2.24, 2.45) is 5.41 Å². The lowest BCUT2D eigenvalue weighted by Gasteiger charge is -2.33. The molecule has 1 radical (unpaired) electrons. The lowest BCUT2D eigenvalue weighted by atomic mass is 9.74. The van der Waals surface area contributed by atoms with Gasteiger partial charge < -0.3 is 9.31 Å². The molecule has 2 aliphatic heterocycles. The second kappa shape index (κ2) is 4.18. The molecular weight excluding hydrogens is 210 g/mol. The van der Waals surface area contributed by atoms with Gasteiger partial charge in [0.15, 0.2) is 0 Å². The molecule has 1 aromatic carbocycles. The number of hydrogen-bond acceptors (Lipinski definition) is 2. The van der Waals surface area contributed by atoms with Crippen LogP contribution >= 0.6 is 0 Å². The minimum atomic E-state index is -0.172. The van der Waals surface area contributed by atoms with Crippen molar-refractivity contribution in [2.75, 3.05) is 13.2 Å². The zero-order valence-electron chi connectivity index (χ0n) is 10.5. The fourth-order valence-corrected chi connectivity index (χ4v) is 2.45. The van der Waals surface area contributed by atoms with Crippen molar-refractivity contribution in [1.29, 1.82) is 0 Å². The summed E-state index contributed by atoms with van der Waals surface area (Å²) in [6, 6.07) is 6.59. The molecule has 0 N–H and O–H groups in total. The fourth-order valence-electron chi connectivity index (χ4n) is 2.45. The van der Waals surface area contributed by atoms with E-state index in [1.54, 1.807) is 0 Å². The van der Waals surface area contributed by atoms with Crippen molar-refractivity contribution in [3.63, 3.8) is 0 Å². The van der Waals surface area contributed by atoms with Gasteiger partial charge in [-0.2, -0.15) is 0 Å². The zero-order valence-corrected chi connectivity index (χ0v) is 10.5. The van der Waals surface area contributed by atoms with Crippen LogP contribution in [0.3, 0.4) is 0 Å². The second-order valence-corrected chi connectivity index (χ2v) is 5.84. The van der Waals surface area contributed by atoms with Gasteiger partial charge in [0.1, 0.15) is 7.28 Å². The summed E-state index contributed by atoms with van der Waals surface area (Å²) in [5.74, 6) is 0. The predicted octanol–water partition coefficient (Wildman–Crippen LogP) is 1.17. The summed E-state index contributed by atoms with van der Waals surface area (Å²) in [7, 11) is 2.15. The molecule has 4 heteroatoms. The first-order valence-corrected chi connectivity index (χ1v) is 6.31. The van der Waals surface area contributed by atoms with Gasteiger partial charge in [-0.25, -0.2) is 0 Å². The molecule has 1 saturated heterocycles. The molecule has 0 saturated carbocycles. The first-order chi connectivity index (χ1) is 8.14. The fraction of sp³-hybridized carbons (Fsp3) is 0.538. The molecule has 0 unspecified atom stereocenters. The van der Waals surface area contributed by atoms with E-state index in [9.17, 15) is 0 Å². The Morgan fingerprint density at radius 1 is 1.12 bits per heavy atom. The van der Waals surface area contributed by atoms with E-state index in [2.05, 4.69) is 39.3 Å². The van der Waals surface area contributed by atoms with E-state index in [0.29, 0.717) is 0 Å². The predicted molar refractivity (Wildman–Crippen MR) is 70.7 cm³/mol. The van der Waals surface area contributed by atoms with E-state index < -0.39 is 0 Å². The molecule has 3 rings (SSSR count). The summed E-state index contributed by atoms with van der Waals surface area (Å²) in [6.07, 6.45) is 2.19. The van der Waals surface area contributed by atoms with Crippen molar-refractivity contribution in [3.8, 4) is 0 Å². The maximum Gasteiger partial charge on any atom is 0.493 e. The Kier molecular flexibility index (Phi) is 2.80. The molecule has 17 heavy (non-hydrogen) atoms. The van der Waals surface area contributed by atoms with Crippen LogP contribution < -0.4 is 5.46 Å². The summed E-state index contributed by atoms with van der Waals surface area (Å²) in [6.45, 7) is 5.86. The number of fused-ring (bicyclic) bond motifs is 1. The van der Waals surface area contributed by atoms with E-state index >= 15 is 0 Å². The van der Waals surface area contributed by atoms with E-state index in [1.165, 1.54) is 11.1 Å². The Bertz CT molecular complexity index is 421. The molecule has 0 bridgehead atoms. The van der Waals surface area contributed by atoms with Crippen LogP contribution in [0.1, 0.15) is 25.0 Å². The van der Waals surface area contributed by atoms with Crippen LogP contribution in [-0.2, 0) is 21.9 Å². The largest absolute Gasteiger partial charge is 0.493 e. The van der Waals surface area contributed by atoms with Crippen molar-refractivity contribution in [3.05, 3.63) is 29.3 Å². The molecule has 87 valence electrons. The summed E-state index contributed by atoms with van der Waals surface area (Å²) < 4.78 is 11.6. The van der Waals surface area contributed by atoms with Gasteiger partial charge in [-0.15, -0.1) is 0 Å². The monoisotopic (exact) mass is 227 g/mol. The lowest BCUT2D eigenvalue weighted by Crippen LogP contribution is -2.47. The lowest BCUT2D eigenvalue weighted by molar-refractivity contribution is 0.0343. The van der Waals surface area contributed by atoms with Crippen LogP contribution in [0.2, 0.25) is 0 Å². The third-order valence-corrected chi connectivity index (χ3v) is 3.48. The smallest absolute Gasteiger partial charge is 0.407 e. The van der Waals surface area contributed by atoms with Crippen LogP contribution in [0.4, 0.5) is 0 Å². The molecule has 1 fully saturated rings. The molecular formula is C13H17B2O2. The van der Waals surface area contributed by atoms with Gasteiger partial charge in [-0.05, 0) is 5.46 Å². The third kappa shape index (κ3) is 2.29. The van der Waals surface area contributed by atoms with Crippen LogP contribution in [0.15, 0.2) is 18.2 Å². The summed E-state index contributed by atoms with van der Waals surface area (Å²) in [5.41, 5.74) is 4.18. The Morgan fingerprint density at radius 2 is 1.82 bits per heavy atom. The molecule has 0 spiro atoms. The average molecular weight is 227 g/mol. The number of hydrogen-bond donors (Lipinski definition) is 0. The van der Waals surface area contributed by atoms with Gasteiger partial charge in [0.25, 0.3) is 0 Å². The van der Waals surface area contributed by atoms with E-state index in [1.807, 2.05) is 0 Å². The van der Waals surface area contributed by atoms with Gasteiger partial charge in [0.05, 0.1) is 0 Å². The van der Waals surface area contributed by atoms with E-state index in [4.69, 9.17) is 9.31 Å². The van der Waals surface area contributed by atoms with Crippen molar-refractivity contribution in [2.45, 2.75) is 26.5 Å². The SMILES string of the molecule is CC1(C)COB(c2ccc3c(c2)C[B]C3)OC1. The van der Waals surface area contributed by atoms with Crippen molar-refractivity contribution >= 4 is 19.9 Å². The van der Waals surface area contributed by atoms with Gasteiger partial charge in [0, 0.05) is 18.6 Å². The van der Waals surface area contributed by atoms with Crippen molar-refractivity contribution < 1.29 is 9.31 Å². The highest BCUT2D eigenvalue weighted by atomic mass is 16.6. The van der Waals surface area contributed by atoms with Gasteiger partial charge in [-0.1, -0.05) is 55.8 Å². The molecule has 2 aliphatic rings. The maximum atomic E-state index is 5.81. The Hall–Kier alpha value is -0.730. The maximum absolute atomic E-state index is 5.81. The van der Waals surface area contributed by atoms with Gasteiger partial charge in [0.2, 0.25) is 0 Å². The summed E-state index contributed by atoms with van der Waals surface area (Å²) >= 11 is 0. The minimum absolute atomic E-state index is 0.140. The molecule has 1 aromatic rings. The van der Waals surface area contributed by atoms with E-state index in [-0.39, 0.29) is 12.5 Å². The first kappa shape index (κ1) is 11.4. The van der Waals surface area contributed by atoms with Crippen LogP contribution in [0.25, 0.3) is 0 Å². The highest BCUT2D eigenvalue weighted by Gasteiger charge is 2.33. The number of benzene rings is 1. The average Bonchev–Trinajstić information content (AvgIpc) is 2.76. The number of rotatable bonds is 1. The van der Waals surface area contributed by atoms with Crippen LogP contribution in [0.5, 0.6) is 0 Å². The molecule has 0 amide bonds. The second-order valence-electron chi connectivity index (χ2n) is 5.84. The Balaban J connectivity index is 1.77. The van der Waals surface area contributed by atoms with Gasteiger partial charge in [-0.3, -0.25) is 0 Å². The standard InChI is InChI=1S/C13H17B2O2/c1-13(2)8-16-15(17-9-13)12-4-3-10-6-14-7-11(10)5-12/h3-5H,6-9H2,1-2H3. The van der Waals surface area contributed by atoms with Gasteiger partial charge >= 0.3 is 7.12 Å².